The van der Waals surface area contributed by atoms with Gasteiger partial charge in [0.1, 0.15) is 6.04 Å². The summed E-state index contributed by atoms with van der Waals surface area (Å²) in [5.74, 6) is -0.426. The van der Waals surface area contributed by atoms with Crippen molar-refractivity contribution >= 4 is 11.4 Å². The molecule has 1 aliphatic rings. The second-order valence-electron chi connectivity index (χ2n) is 8.01. The Bertz CT molecular complexity index is 1290. The number of nitrogens with one attached hydrogen (secondary N) is 1. The van der Waals surface area contributed by atoms with Crippen molar-refractivity contribution in [1.29, 1.82) is 0 Å². The molecule has 1 unspecified atom stereocenters. The highest BCUT2D eigenvalue weighted by Crippen LogP contribution is 2.35. The molecule has 5 heterocycles. The van der Waals surface area contributed by atoms with Crippen LogP contribution in [0.2, 0.25) is 0 Å². The second-order valence-corrected chi connectivity index (χ2v) is 8.01. The van der Waals surface area contributed by atoms with Gasteiger partial charge in [-0.3, -0.25) is 4.79 Å². The molecule has 0 aromatic carbocycles. The third-order valence-electron chi connectivity index (χ3n) is 5.35. The Labute approximate surface area is 182 Å². The van der Waals surface area contributed by atoms with Crippen molar-refractivity contribution in [1.82, 2.24) is 34.7 Å². The Balaban J connectivity index is 1.58. The van der Waals surface area contributed by atoms with Crippen LogP contribution in [-0.4, -0.2) is 53.7 Å². The van der Waals surface area contributed by atoms with Gasteiger partial charge in [-0.25, -0.2) is 13.9 Å². The Hall–Kier alpha value is -3.76. The van der Waals surface area contributed by atoms with Crippen LogP contribution in [0.3, 0.4) is 0 Å². The summed E-state index contributed by atoms with van der Waals surface area (Å²) in [5.41, 5.74) is 1.21. The first kappa shape index (κ1) is 20.2. The number of halogens is 1. The molecule has 0 aliphatic carbocycles. The van der Waals surface area contributed by atoms with Crippen LogP contribution in [0.25, 0.3) is 5.52 Å². The molecule has 32 heavy (non-hydrogen) atoms. The lowest BCUT2D eigenvalue weighted by molar-refractivity contribution is 0.0636. The average molecular weight is 439 g/mol. The normalized spacial score (nSPS) is 16.4. The maximum atomic E-state index is 14.2. The summed E-state index contributed by atoms with van der Waals surface area (Å²) in [6.45, 7) is 5.36. The zero-order chi connectivity index (χ0) is 22.5. The quantitative estimate of drug-likeness (QED) is 0.508. The molecule has 1 atom stereocenters. The number of ether oxygens (including phenoxy) is 1. The van der Waals surface area contributed by atoms with Gasteiger partial charge in [0.05, 0.1) is 29.8 Å². The first-order valence-corrected chi connectivity index (χ1v) is 10.3. The van der Waals surface area contributed by atoms with Crippen molar-refractivity contribution in [3.05, 3.63) is 59.5 Å². The summed E-state index contributed by atoms with van der Waals surface area (Å²) < 4.78 is 26.9. The molecule has 10 nitrogen and oxygen atoms in total. The van der Waals surface area contributed by atoms with Crippen LogP contribution < -0.4 is 4.74 Å². The second kappa shape index (κ2) is 7.43. The van der Waals surface area contributed by atoms with Crippen molar-refractivity contribution in [3.63, 3.8) is 0 Å². The topological polar surface area (TPSA) is 114 Å². The molecule has 0 radical (unpaired) electrons. The van der Waals surface area contributed by atoms with E-state index in [1.165, 1.54) is 13.8 Å². The molecule has 4 aromatic rings. The molecule has 5 rings (SSSR count). The maximum Gasteiger partial charge on any atom is 0.312 e. The first-order valence-electron chi connectivity index (χ1n) is 10.3. The minimum atomic E-state index is -1.85. The van der Waals surface area contributed by atoms with Crippen molar-refractivity contribution in [3.8, 4) is 5.88 Å². The number of amides is 1. The van der Waals surface area contributed by atoms with Crippen molar-refractivity contribution in [2.75, 3.05) is 13.2 Å². The highest BCUT2D eigenvalue weighted by Gasteiger charge is 2.39. The fraction of sp³-hybridized carbons (Fsp3) is 0.381. The van der Waals surface area contributed by atoms with Crippen LogP contribution in [0.1, 0.15) is 60.5 Å². The lowest BCUT2D eigenvalue weighted by Crippen LogP contribution is -2.41. The van der Waals surface area contributed by atoms with Crippen LogP contribution >= 0.6 is 0 Å². The lowest BCUT2D eigenvalue weighted by Gasteiger charge is -2.32. The predicted octanol–water partition coefficient (Wildman–Crippen LogP) is 2.83. The molecular weight excluding hydrogens is 417 g/mol. The first-order chi connectivity index (χ1) is 15.4. The average Bonchev–Trinajstić information content (AvgIpc) is 3.51. The number of aromatic amines is 1. The number of carbonyl (C=O) groups is 1. The van der Waals surface area contributed by atoms with E-state index in [2.05, 4.69) is 20.2 Å². The number of carbonyl (C=O) groups excluding carboxylic acids is 1. The SMILES string of the molecule is CCOc1cccc2cc(C3c4nc[nH]c4CCN3C(=O)c3nnc(C(C)(C)F)o3)nn12. The molecule has 1 N–H and O–H groups in total. The molecule has 1 amide bonds. The molecule has 1 aliphatic heterocycles. The molecule has 0 bridgehead atoms. The van der Waals surface area contributed by atoms with Crippen LogP contribution in [0, 0.1) is 0 Å². The number of H-pyrrole nitrogens is 1. The molecule has 0 saturated heterocycles. The lowest BCUT2D eigenvalue weighted by atomic mass is 9.99. The number of rotatable bonds is 5. The van der Waals surface area contributed by atoms with Gasteiger partial charge in [0, 0.05) is 24.7 Å². The Kier molecular flexibility index (Phi) is 4.68. The van der Waals surface area contributed by atoms with Crippen molar-refractivity contribution < 1.29 is 18.3 Å². The number of pyridine rings is 1. The van der Waals surface area contributed by atoms with Gasteiger partial charge in [-0.15, -0.1) is 10.2 Å². The van der Waals surface area contributed by atoms with Gasteiger partial charge in [-0.2, -0.15) is 5.10 Å². The highest BCUT2D eigenvalue weighted by molar-refractivity contribution is 5.90. The number of hydrogen-bond donors (Lipinski definition) is 1. The molecule has 4 aromatic heterocycles. The van der Waals surface area contributed by atoms with E-state index in [4.69, 9.17) is 14.3 Å². The Morgan fingerprint density at radius 1 is 1.38 bits per heavy atom. The van der Waals surface area contributed by atoms with Gasteiger partial charge < -0.3 is 19.0 Å². The zero-order valence-corrected chi connectivity index (χ0v) is 17.9. The van der Waals surface area contributed by atoms with Gasteiger partial charge in [0.2, 0.25) is 5.88 Å². The van der Waals surface area contributed by atoms with Crippen LogP contribution in [-0.2, 0) is 12.1 Å². The Morgan fingerprint density at radius 2 is 2.22 bits per heavy atom. The predicted molar refractivity (Wildman–Crippen MR) is 110 cm³/mol. The van der Waals surface area contributed by atoms with E-state index in [0.717, 1.165) is 11.2 Å². The van der Waals surface area contributed by atoms with Gasteiger partial charge in [-0.05, 0) is 32.9 Å². The van der Waals surface area contributed by atoms with Crippen molar-refractivity contribution in [2.24, 2.45) is 0 Å². The number of nitrogens with zero attached hydrogens (tertiary/aromatic N) is 6. The van der Waals surface area contributed by atoms with Crippen LogP contribution in [0.15, 0.2) is 35.0 Å². The van der Waals surface area contributed by atoms with E-state index in [0.29, 0.717) is 36.8 Å². The van der Waals surface area contributed by atoms with E-state index in [9.17, 15) is 9.18 Å². The zero-order valence-electron chi connectivity index (χ0n) is 17.9. The van der Waals surface area contributed by atoms with E-state index < -0.39 is 17.6 Å². The molecule has 0 spiro atoms. The molecule has 0 saturated carbocycles. The minimum absolute atomic E-state index is 0.246. The fourth-order valence-corrected chi connectivity index (χ4v) is 3.87. The number of aromatic nitrogens is 6. The largest absolute Gasteiger partial charge is 0.478 e. The summed E-state index contributed by atoms with van der Waals surface area (Å²) in [4.78, 5) is 22.5. The van der Waals surface area contributed by atoms with Crippen molar-refractivity contribution in [2.45, 2.75) is 38.9 Å². The molecular formula is C21H22FN7O3. The standard InChI is InChI=1S/C21H22FN7O3/c1-4-31-15-7-5-6-12-10-14(27-29(12)15)17-16-13(23-11-24-16)8-9-28(17)19(30)18-25-26-20(32-18)21(2,3)22/h5-7,10-11,17H,4,8-9H2,1-3H3,(H,23,24). The third-order valence-corrected chi connectivity index (χ3v) is 5.35. The van der Waals surface area contributed by atoms with E-state index in [1.54, 1.807) is 15.7 Å². The fourth-order valence-electron chi connectivity index (χ4n) is 3.87. The van der Waals surface area contributed by atoms with E-state index in [1.807, 2.05) is 31.2 Å². The van der Waals surface area contributed by atoms with E-state index in [-0.39, 0.29) is 11.8 Å². The van der Waals surface area contributed by atoms with Gasteiger partial charge in [-0.1, -0.05) is 6.07 Å². The summed E-state index contributed by atoms with van der Waals surface area (Å²) in [6, 6.07) is 6.93. The maximum absolute atomic E-state index is 14.2. The molecule has 0 fully saturated rings. The highest BCUT2D eigenvalue weighted by atomic mass is 19.1. The number of hydrogen-bond acceptors (Lipinski definition) is 7. The number of imidazole rings is 1. The van der Waals surface area contributed by atoms with Crippen LogP contribution in [0.5, 0.6) is 5.88 Å². The van der Waals surface area contributed by atoms with E-state index >= 15 is 0 Å². The number of alkyl halides is 1. The minimum Gasteiger partial charge on any atom is -0.478 e. The summed E-state index contributed by atoms with van der Waals surface area (Å²) in [5, 5.41) is 12.2. The summed E-state index contributed by atoms with van der Waals surface area (Å²) in [7, 11) is 0. The molecule has 166 valence electrons. The van der Waals surface area contributed by atoms with Gasteiger partial charge in [0.25, 0.3) is 5.89 Å². The van der Waals surface area contributed by atoms with Crippen LogP contribution in [0.4, 0.5) is 4.39 Å². The number of fused-ring (bicyclic) bond motifs is 2. The smallest absolute Gasteiger partial charge is 0.312 e. The third kappa shape index (κ3) is 3.29. The summed E-state index contributed by atoms with van der Waals surface area (Å²) >= 11 is 0. The molecule has 11 heteroatoms. The summed E-state index contributed by atoms with van der Waals surface area (Å²) in [6.07, 6.45) is 2.17. The van der Waals surface area contributed by atoms with Gasteiger partial charge >= 0.3 is 11.8 Å². The van der Waals surface area contributed by atoms with Gasteiger partial charge in [0.15, 0.2) is 5.67 Å². The monoisotopic (exact) mass is 439 g/mol. The Morgan fingerprint density at radius 3 is 2.97 bits per heavy atom.